The van der Waals surface area contributed by atoms with E-state index in [-0.39, 0.29) is 23.7 Å². The Hall–Kier alpha value is -2.33. The topological polar surface area (TPSA) is 49.4 Å². The van der Waals surface area contributed by atoms with Gasteiger partial charge in [0.25, 0.3) is 5.91 Å². The molecular weight excluding hydrogens is 348 g/mol. The van der Waals surface area contributed by atoms with Crippen molar-refractivity contribution in [2.75, 3.05) is 14.1 Å². The van der Waals surface area contributed by atoms with Crippen LogP contribution in [0.2, 0.25) is 5.02 Å². The van der Waals surface area contributed by atoms with Crippen LogP contribution < -0.4 is 5.32 Å². The molecule has 0 saturated carbocycles. The highest BCUT2D eigenvalue weighted by Gasteiger charge is 2.27. The first kappa shape index (κ1) is 20.0. The van der Waals surface area contributed by atoms with Gasteiger partial charge in [0.1, 0.15) is 0 Å². The molecule has 0 aliphatic rings. The molecule has 5 heteroatoms. The van der Waals surface area contributed by atoms with Crippen LogP contribution in [0.25, 0.3) is 0 Å². The molecule has 0 aliphatic carbocycles. The minimum atomic E-state index is -0.220. The largest absolute Gasteiger partial charge is 0.355 e. The highest BCUT2D eigenvalue weighted by atomic mass is 35.5. The highest BCUT2D eigenvalue weighted by molar-refractivity contribution is 6.30. The van der Waals surface area contributed by atoms with Crippen LogP contribution in [0, 0.1) is 5.92 Å². The van der Waals surface area contributed by atoms with Gasteiger partial charge in [-0.15, -0.1) is 0 Å². The molecule has 0 unspecified atom stereocenters. The molecule has 0 spiro atoms. The van der Waals surface area contributed by atoms with Gasteiger partial charge >= 0.3 is 0 Å². The molecule has 0 saturated heterocycles. The van der Waals surface area contributed by atoms with Gasteiger partial charge in [0.2, 0.25) is 5.91 Å². The summed E-state index contributed by atoms with van der Waals surface area (Å²) < 4.78 is 0. The SMILES string of the molecule is CNC(=O)c1ccc(CN(C)C(=O)[C@@H](c2ccc(Cl)cc2)C(C)C)cc1. The van der Waals surface area contributed by atoms with Crippen LogP contribution in [0.4, 0.5) is 0 Å². The highest BCUT2D eigenvalue weighted by Crippen LogP contribution is 2.28. The summed E-state index contributed by atoms with van der Waals surface area (Å²) in [6, 6.07) is 14.8. The first-order valence-corrected chi connectivity index (χ1v) is 9.02. The van der Waals surface area contributed by atoms with Gasteiger partial charge in [-0.3, -0.25) is 9.59 Å². The molecule has 0 heterocycles. The minimum Gasteiger partial charge on any atom is -0.355 e. The van der Waals surface area contributed by atoms with Gasteiger partial charge in [0, 0.05) is 31.2 Å². The first-order chi connectivity index (χ1) is 12.3. The predicted octanol–water partition coefficient (Wildman–Crippen LogP) is 4.10. The van der Waals surface area contributed by atoms with Gasteiger partial charge in [-0.25, -0.2) is 0 Å². The minimum absolute atomic E-state index is 0.0673. The molecule has 1 atom stereocenters. The number of rotatable bonds is 6. The van der Waals surface area contributed by atoms with Crippen molar-refractivity contribution in [2.45, 2.75) is 26.3 Å². The number of hydrogen-bond donors (Lipinski definition) is 1. The Morgan fingerprint density at radius 3 is 2.12 bits per heavy atom. The number of hydrogen-bond acceptors (Lipinski definition) is 2. The Bertz CT molecular complexity index is 755. The Morgan fingerprint density at radius 2 is 1.62 bits per heavy atom. The molecule has 138 valence electrons. The number of nitrogens with zero attached hydrogens (tertiary/aromatic N) is 1. The van der Waals surface area contributed by atoms with Gasteiger partial charge in [-0.2, -0.15) is 0 Å². The van der Waals surface area contributed by atoms with Crippen LogP contribution >= 0.6 is 11.6 Å². The fraction of sp³-hybridized carbons (Fsp3) is 0.333. The lowest BCUT2D eigenvalue weighted by molar-refractivity contribution is -0.133. The fourth-order valence-corrected chi connectivity index (χ4v) is 3.10. The summed E-state index contributed by atoms with van der Waals surface area (Å²) in [4.78, 5) is 26.4. The van der Waals surface area contributed by atoms with E-state index in [9.17, 15) is 9.59 Å². The summed E-state index contributed by atoms with van der Waals surface area (Å²) in [5, 5.41) is 3.26. The number of likely N-dealkylation sites (N-methyl/N-ethyl adjacent to an activating group) is 1. The first-order valence-electron chi connectivity index (χ1n) is 8.65. The zero-order valence-corrected chi connectivity index (χ0v) is 16.4. The second kappa shape index (κ2) is 8.86. The molecule has 2 aromatic rings. The molecule has 0 bridgehead atoms. The van der Waals surface area contributed by atoms with Crippen LogP contribution in [0.5, 0.6) is 0 Å². The molecule has 2 amide bonds. The maximum absolute atomic E-state index is 13.0. The van der Waals surface area contributed by atoms with Crippen molar-refractivity contribution < 1.29 is 9.59 Å². The van der Waals surface area contributed by atoms with Crippen molar-refractivity contribution in [3.8, 4) is 0 Å². The third kappa shape index (κ3) is 4.85. The third-order valence-electron chi connectivity index (χ3n) is 4.40. The quantitative estimate of drug-likeness (QED) is 0.829. The number of benzene rings is 2. The second-order valence-corrected chi connectivity index (χ2v) is 7.18. The van der Waals surface area contributed by atoms with Crippen molar-refractivity contribution in [3.63, 3.8) is 0 Å². The average Bonchev–Trinajstić information content (AvgIpc) is 2.63. The van der Waals surface area contributed by atoms with E-state index in [2.05, 4.69) is 5.32 Å². The molecule has 0 fully saturated rings. The molecule has 0 radical (unpaired) electrons. The number of nitrogens with one attached hydrogen (secondary N) is 1. The van der Waals surface area contributed by atoms with E-state index in [1.165, 1.54) is 0 Å². The molecule has 2 aromatic carbocycles. The lowest BCUT2D eigenvalue weighted by atomic mass is 9.87. The molecule has 1 N–H and O–H groups in total. The van der Waals surface area contributed by atoms with Crippen molar-refractivity contribution in [1.82, 2.24) is 10.2 Å². The van der Waals surface area contributed by atoms with Crippen LogP contribution in [0.15, 0.2) is 48.5 Å². The lowest BCUT2D eigenvalue weighted by Crippen LogP contribution is -2.33. The summed E-state index contributed by atoms with van der Waals surface area (Å²) in [5.41, 5.74) is 2.55. The summed E-state index contributed by atoms with van der Waals surface area (Å²) >= 11 is 5.97. The number of halogens is 1. The van der Waals surface area contributed by atoms with E-state index in [0.717, 1.165) is 11.1 Å². The Morgan fingerprint density at radius 1 is 1.04 bits per heavy atom. The number of carbonyl (C=O) groups is 2. The Labute approximate surface area is 160 Å². The standard InChI is InChI=1S/C21H25ClN2O2/c1-14(2)19(16-9-11-18(22)12-10-16)21(26)24(4)13-15-5-7-17(8-6-15)20(25)23-3/h5-12,14,19H,13H2,1-4H3,(H,23,25)/t19-/m1/s1. The summed E-state index contributed by atoms with van der Waals surface area (Å²) in [5.74, 6) is -0.106. The van der Waals surface area contributed by atoms with E-state index in [0.29, 0.717) is 17.1 Å². The summed E-state index contributed by atoms with van der Waals surface area (Å²) in [6.45, 7) is 4.58. The summed E-state index contributed by atoms with van der Waals surface area (Å²) in [7, 11) is 3.41. The van der Waals surface area contributed by atoms with E-state index >= 15 is 0 Å². The van der Waals surface area contributed by atoms with Crippen LogP contribution in [0.3, 0.4) is 0 Å². The maximum atomic E-state index is 13.0. The maximum Gasteiger partial charge on any atom is 0.251 e. The van der Waals surface area contributed by atoms with Crippen LogP contribution in [0.1, 0.15) is 41.3 Å². The molecule has 4 nitrogen and oxygen atoms in total. The van der Waals surface area contributed by atoms with Crippen molar-refractivity contribution in [2.24, 2.45) is 5.92 Å². The zero-order chi connectivity index (χ0) is 19.3. The van der Waals surface area contributed by atoms with Crippen molar-refractivity contribution in [1.29, 1.82) is 0 Å². The van der Waals surface area contributed by atoms with Crippen molar-refractivity contribution >= 4 is 23.4 Å². The average molecular weight is 373 g/mol. The second-order valence-electron chi connectivity index (χ2n) is 6.74. The van der Waals surface area contributed by atoms with Crippen LogP contribution in [-0.2, 0) is 11.3 Å². The van der Waals surface area contributed by atoms with Gasteiger partial charge in [-0.05, 0) is 41.3 Å². The number of carbonyl (C=O) groups excluding carboxylic acids is 2. The molecule has 26 heavy (non-hydrogen) atoms. The monoisotopic (exact) mass is 372 g/mol. The summed E-state index contributed by atoms with van der Waals surface area (Å²) in [6.07, 6.45) is 0. The van der Waals surface area contributed by atoms with Crippen molar-refractivity contribution in [3.05, 3.63) is 70.2 Å². The number of amides is 2. The van der Waals surface area contributed by atoms with Gasteiger partial charge in [0.15, 0.2) is 0 Å². The Balaban J connectivity index is 2.13. The van der Waals surface area contributed by atoms with Crippen LogP contribution in [-0.4, -0.2) is 30.8 Å². The fourth-order valence-electron chi connectivity index (χ4n) is 2.98. The van der Waals surface area contributed by atoms with Gasteiger partial charge < -0.3 is 10.2 Å². The molecule has 2 rings (SSSR count). The molecule has 0 aliphatic heterocycles. The third-order valence-corrected chi connectivity index (χ3v) is 4.65. The van der Waals surface area contributed by atoms with E-state index in [1.807, 2.05) is 50.2 Å². The van der Waals surface area contributed by atoms with E-state index in [4.69, 9.17) is 11.6 Å². The molecule has 0 aromatic heterocycles. The van der Waals surface area contributed by atoms with Gasteiger partial charge in [-0.1, -0.05) is 49.7 Å². The lowest BCUT2D eigenvalue weighted by Gasteiger charge is -2.27. The molecular formula is C21H25ClN2O2. The Kier molecular flexibility index (Phi) is 6.81. The predicted molar refractivity (Wildman–Crippen MR) is 105 cm³/mol. The smallest absolute Gasteiger partial charge is 0.251 e. The zero-order valence-electron chi connectivity index (χ0n) is 15.6. The van der Waals surface area contributed by atoms with Gasteiger partial charge in [0.05, 0.1) is 5.92 Å². The van der Waals surface area contributed by atoms with E-state index < -0.39 is 0 Å². The van der Waals surface area contributed by atoms with E-state index in [1.54, 1.807) is 31.1 Å². The normalized spacial score (nSPS) is 11.9.